The molecule has 0 aliphatic rings. The molecule has 1 heterocycles. The van der Waals surface area contributed by atoms with Crippen LogP contribution in [-0.2, 0) is 6.18 Å². The molecule has 0 aliphatic carbocycles. The third-order valence-corrected chi connectivity index (χ3v) is 5.15. The minimum atomic E-state index is -4.64. The monoisotopic (exact) mass is 491 g/mol. The van der Waals surface area contributed by atoms with Crippen LogP contribution in [0.4, 0.5) is 32.0 Å². The Morgan fingerprint density at radius 3 is 2.26 bits per heavy atom. The predicted molar refractivity (Wildman–Crippen MR) is 114 cm³/mol. The van der Waals surface area contributed by atoms with Gasteiger partial charge < -0.3 is 10.5 Å². The van der Waals surface area contributed by atoms with Crippen molar-refractivity contribution in [3.05, 3.63) is 95.1 Å². The van der Waals surface area contributed by atoms with Gasteiger partial charge in [0.25, 0.3) is 5.91 Å². The molecule has 0 saturated carbocycles. The molecule has 0 unspecified atom stereocenters. The molecule has 0 atom stereocenters. The molecular formula is C24H15F6N3O2. The number of amides is 1. The summed E-state index contributed by atoms with van der Waals surface area (Å²) in [5, 5.41) is 12.8. The van der Waals surface area contributed by atoms with E-state index in [9.17, 15) is 36.3 Å². The summed E-state index contributed by atoms with van der Waals surface area (Å²) in [7, 11) is 0. The lowest BCUT2D eigenvalue weighted by Gasteiger charge is -2.11. The van der Waals surface area contributed by atoms with Crippen molar-refractivity contribution in [1.82, 2.24) is 9.71 Å². The normalized spacial score (nSPS) is 11.5. The van der Waals surface area contributed by atoms with Gasteiger partial charge in [0.2, 0.25) is 0 Å². The van der Waals surface area contributed by atoms with Crippen LogP contribution in [0.3, 0.4) is 0 Å². The second-order valence-corrected chi connectivity index (χ2v) is 7.51. The molecule has 0 bridgehead atoms. The summed E-state index contributed by atoms with van der Waals surface area (Å²) < 4.78 is 82.1. The summed E-state index contributed by atoms with van der Waals surface area (Å²) in [6.45, 7) is 1.32. The van der Waals surface area contributed by atoms with Crippen molar-refractivity contribution in [2.75, 3.05) is 5.32 Å². The second kappa shape index (κ2) is 8.82. The summed E-state index contributed by atoms with van der Waals surface area (Å²) in [4.78, 5) is 16.7. The van der Waals surface area contributed by atoms with Gasteiger partial charge in [-0.25, -0.2) is 18.2 Å². The zero-order valence-electron chi connectivity index (χ0n) is 17.8. The third-order valence-electron chi connectivity index (χ3n) is 5.15. The number of halogens is 6. The highest BCUT2D eigenvalue weighted by molar-refractivity contribution is 6.04. The average molecular weight is 491 g/mol. The van der Waals surface area contributed by atoms with Crippen molar-refractivity contribution in [1.29, 1.82) is 0 Å². The van der Waals surface area contributed by atoms with Crippen LogP contribution in [0.1, 0.15) is 21.7 Å². The lowest BCUT2D eigenvalue weighted by molar-refractivity contribution is -0.137. The topological polar surface area (TPSA) is 67.1 Å². The molecule has 0 radical (unpaired) electrons. The number of aromatic nitrogens is 2. The van der Waals surface area contributed by atoms with E-state index in [0.29, 0.717) is 6.07 Å². The van der Waals surface area contributed by atoms with Gasteiger partial charge in [-0.3, -0.25) is 4.79 Å². The van der Waals surface area contributed by atoms with Crippen LogP contribution < -0.4 is 5.32 Å². The Kier molecular flexibility index (Phi) is 6.01. The minimum absolute atomic E-state index is 0.0485. The summed E-state index contributed by atoms with van der Waals surface area (Å²) >= 11 is 0. The molecule has 4 aromatic rings. The highest BCUT2D eigenvalue weighted by Crippen LogP contribution is 2.33. The Morgan fingerprint density at radius 2 is 1.60 bits per heavy atom. The maximum Gasteiger partial charge on any atom is 0.416 e. The molecule has 0 spiro atoms. The highest BCUT2D eigenvalue weighted by Gasteiger charge is 2.31. The Balaban J connectivity index is 1.72. The molecule has 180 valence electrons. The number of alkyl halides is 3. The number of rotatable bonds is 4. The molecular weight excluding hydrogens is 476 g/mol. The molecule has 0 aliphatic heterocycles. The van der Waals surface area contributed by atoms with E-state index in [1.165, 1.54) is 13.0 Å². The van der Waals surface area contributed by atoms with Crippen LogP contribution in [-0.4, -0.2) is 20.8 Å². The number of carbonyl (C=O) groups is 1. The van der Waals surface area contributed by atoms with Crippen LogP contribution in [0.2, 0.25) is 0 Å². The van der Waals surface area contributed by atoms with Crippen molar-refractivity contribution in [3.8, 4) is 22.5 Å². The number of anilines is 1. The molecule has 5 nitrogen and oxygen atoms in total. The van der Waals surface area contributed by atoms with Gasteiger partial charge in [-0.05, 0) is 55.0 Å². The first-order valence-corrected chi connectivity index (χ1v) is 9.99. The SMILES string of the molecule is Cc1nc(-c2cc(-c3c(F)cccc3F)ccc2F)n(O)c1C(=O)Nc1cccc(C(F)(F)F)c1. The molecule has 4 rings (SSSR count). The van der Waals surface area contributed by atoms with Crippen molar-refractivity contribution < 1.29 is 36.3 Å². The molecule has 3 aromatic carbocycles. The van der Waals surface area contributed by atoms with Crippen LogP contribution >= 0.6 is 0 Å². The van der Waals surface area contributed by atoms with Crippen LogP contribution in [0, 0.1) is 24.4 Å². The first-order valence-electron chi connectivity index (χ1n) is 9.99. The third kappa shape index (κ3) is 4.57. The molecule has 35 heavy (non-hydrogen) atoms. The van der Waals surface area contributed by atoms with E-state index in [1.807, 2.05) is 0 Å². The molecule has 0 saturated heterocycles. The fraction of sp³-hybridized carbons (Fsp3) is 0.0833. The zero-order valence-corrected chi connectivity index (χ0v) is 17.8. The number of hydrogen-bond donors (Lipinski definition) is 2. The maximum atomic E-state index is 14.6. The van der Waals surface area contributed by atoms with E-state index in [4.69, 9.17) is 0 Å². The van der Waals surface area contributed by atoms with Gasteiger partial charge in [0, 0.05) is 5.69 Å². The standard InChI is InChI=1S/C24H15F6N3O2/c1-12-21(23(34)32-15-5-2-4-14(11-15)24(28,29)30)33(35)22(31-12)16-10-13(8-9-17(16)25)20-18(26)6-3-7-19(20)27/h2-11,35H,1H3,(H,32,34). The number of nitrogens with zero attached hydrogens (tertiary/aromatic N) is 2. The van der Waals surface area contributed by atoms with E-state index >= 15 is 0 Å². The number of aryl methyl sites for hydroxylation is 1. The maximum absolute atomic E-state index is 14.6. The first kappa shape index (κ1) is 23.9. The summed E-state index contributed by atoms with van der Waals surface area (Å²) in [6, 6.07) is 10.2. The van der Waals surface area contributed by atoms with E-state index in [-0.39, 0.29) is 27.2 Å². The van der Waals surface area contributed by atoms with Crippen LogP contribution in [0.5, 0.6) is 0 Å². The average Bonchev–Trinajstić information content (AvgIpc) is 3.08. The Hall–Kier alpha value is -4.28. The smallest absolute Gasteiger partial charge is 0.416 e. The molecule has 1 aromatic heterocycles. The van der Waals surface area contributed by atoms with Crippen molar-refractivity contribution in [2.45, 2.75) is 13.1 Å². The Bertz CT molecular complexity index is 1430. The fourth-order valence-electron chi connectivity index (χ4n) is 3.54. The lowest BCUT2D eigenvalue weighted by atomic mass is 10.0. The number of nitrogens with one attached hydrogen (secondary N) is 1. The van der Waals surface area contributed by atoms with Gasteiger partial charge in [-0.1, -0.05) is 18.2 Å². The number of benzene rings is 3. The molecule has 11 heteroatoms. The summed E-state index contributed by atoms with van der Waals surface area (Å²) in [5.74, 6) is -4.16. The van der Waals surface area contributed by atoms with Crippen molar-refractivity contribution >= 4 is 11.6 Å². The summed E-state index contributed by atoms with van der Waals surface area (Å²) in [6.07, 6.45) is -4.64. The highest BCUT2D eigenvalue weighted by atomic mass is 19.4. The van der Waals surface area contributed by atoms with E-state index in [0.717, 1.165) is 48.5 Å². The van der Waals surface area contributed by atoms with Gasteiger partial charge >= 0.3 is 6.18 Å². The fourth-order valence-corrected chi connectivity index (χ4v) is 3.54. The van der Waals surface area contributed by atoms with Crippen molar-refractivity contribution in [3.63, 3.8) is 0 Å². The molecule has 0 fully saturated rings. The second-order valence-electron chi connectivity index (χ2n) is 7.51. The van der Waals surface area contributed by atoms with Crippen LogP contribution in [0.15, 0.2) is 60.7 Å². The number of carbonyl (C=O) groups excluding carboxylic acids is 1. The quantitative estimate of drug-likeness (QED) is 0.255. The molecule has 2 N–H and O–H groups in total. The Labute approximate surface area is 194 Å². The van der Waals surface area contributed by atoms with Gasteiger partial charge in [-0.15, -0.1) is 0 Å². The van der Waals surface area contributed by atoms with E-state index in [1.54, 1.807) is 0 Å². The zero-order chi connectivity index (χ0) is 25.5. The number of imidazole rings is 1. The number of hydrogen-bond acceptors (Lipinski definition) is 3. The summed E-state index contributed by atoms with van der Waals surface area (Å²) in [5.41, 5.74) is -2.58. The lowest BCUT2D eigenvalue weighted by Crippen LogP contribution is -2.18. The minimum Gasteiger partial charge on any atom is -0.426 e. The Morgan fingerprint density at radius 1 is 0.943 bits per heavy atom. The van der Waals surface area contributed by atoms with Crippen molar-refractivity contribution in [2.24, 2.45) is 0 Å². The van der Waals surface area contributed by atoms with E-state index < -0.39 is 52.2 Å². The van der Waals surface area contributed by atoms with Crippen LogP contribution in [0.25, 0.3) is 22.5 Å². The van der Waals surface area contributed by atoms with Gasteiger partial charge in [0.05, 0.1) is 22.4 Å². The van der Waals surface area contributed by atoms with Gasteiger partial charge in [0.1, 0.15) is 17.5 Å². The van der Waals surface area contributed by atoms with E-state index in [2.05, 4.69) is 10.3 Å². The van der Waals surface area contributed by atoms with Gasteiger partial charge in [0.15, 0.2) is 11.5 Å². The molecule has 1 amide bonds. The predicted octanol–water partition coefficient (Wildman–Crippen LogP) is 6.45. The van der Waals surface area contributed by atoms with Gasteiger partial charge in [-0.2, -0.15) is 17.9 Å². The largest absolute Gasteiger partial charge is 0.426 e. The first-order chi connectivity index (χ1) is 16.5.